The summed E-state index contributed by atoms with van der Waals surface area (Å²) in [6.07, 6.45) is 0.121. The summed E-state index contributed by atoms with van der Waals surface area (Å²) in [5.41, 5.74) is -0.434. The van der Waals surface area contributed by atoms with Crippen LogP contribution in [0.15, 0.2) is 58.6 Å². The van der Waals surface area contributed by atoms with E-state index in [4.69, 9.17) is 9.57 Å². The van der Waals surface area contributed by atoms with Crippen LogP contribution in [0.1, 0.15) is 24.8 Å². The van der Waals surface area contributed by atoms with Gasteiger partial charge in [-0.3, -0.25) is 0 Å². The number of ether oxygens (including phenoxy) is 1. The van der Waals surface area contributed by atoms with Gasteiger partial charge in [0.15, 0.2) is 0 Å². The summed E-state index contributed by atoms with van der Waals surface area (Å²) >= 11 is 0. The van der Waals surface area contributed by atoms with Crippen LogP contribution >= 0.6 is 0 Å². The number of halogens is 2. The quantitative estimate of drug-likeness (QED) is 0.748. The second kappa shape index (κ2) is 8.83. The Balaban J connectivity index is 1.28. The molecule has 2 aromatic rings. The standard InChI is InChI=1S/C21H21F2N3O5S/c22-16-5-7-17(8-6-16)32(28,29)26-11-9-21(10-12-26)13-19(25-31-21)30-20(27)24-14-15-3-1-2-4-18(15)23/h1-8H,9-14H2,(H,24,27). The summed E-state index contributed by atoms with van der Waals surface area (Å²) in [4.78, 5) is 17.5. The molecule has 2 heterocycles. The van der Waals surface area contributed by atoms with Gasteiger partial charge < -0.3 is 14.9 Å². The fraction of sp³-hybridized carbons (Fsp3) is 0.333. The number of alkyl carbamates (subject to hydrolysis) is 1. The van der Waals surface area contributed by atoms with Gasteiger partial charge in [-0.05, 0) is 30.3 Å². The zero-order valence-electron chi connectivity index (χ0n) is 17.0. The van der Waals surface area contributed by atoms with Crippen molar-refractivity contribution >= 4 is 22.0 Å². The molecule has 2 aliphatic heterocycles. The monoisotopic (exact) mass is 465 g/mol. The van der Waals surface area contributed by atoms with Crippen molar-refractivity contribution in [3.05, 3.63) is 65.7 Å². The van der Waals surface area contributed by atoms with E-state index in [1.165, 1.54) is 22.5 Å². The van der Waals surface area contributed by atoms with Crippen LogP contribution < -0.4 is 5.32 Å². The molecule has 2 aromatic carbocycles. The van der Waals surface area contributed by atoms with Gasteiger partial charge in [-0.15, -0.1) is 0 Å². The third kappa shape index (κ3) is 4.73. The molecule has 0 unspecified atom stereocenters. The van der Waals surface area contributed by atoms with Crippen LogP contribution in [-0.2, 0) is 26.1 Å². The van der Waals surface area contributed by atoms with Crippen LogP contribution in [0.4, 0.5) is 13.6 Å². The van der Waals surface area contributed by atoms with Crippen LogP contribution in [0.3, 0.4) is 0 Å². The number of amides is 1. The summed E-state index contributed by atoms with van der Waals surface area (Å²) in [5.74, 6) is -0.870. The molecule has 8 nitrogen and oxygen atoms in total. The number of hydrogen-bond donors (Lipinski definition) is 1. The van der Waals surface area contributed by atoms with E-state index in [9.17, 15) is 22.0 Å². The number of oxime groups is 1. The Hall–Kier alpha value is -3.05. The third-order valence-electron chi connectivity index (χ3n) is 5.49. The van der Waals surface area contributed by atoms with Crippen molar-refractivity contribution in [1.29, 1.82) is 0 Å². The van der Waals surface area contributed by atoms with E-state index >= 15 is 0 Å². The Morgan fingerprint density at radius 3 is 2.50 bits per heavy atom. The SMILES string of the molecule is O=C(NCc1ccccc1F)OC1=NOC2(CCN(S(=O)(=O)c3ccc(F)cc3)CC2)C1. The van der Waals surface area contributed by atoms with Crippen molar-refractivity contribution in [2.75, 3.05) is 13.1 Å². The van der Waals surface area contributed by atoms with Crippen molar-refractivity contribution in [3.8, 4) is 0 Å². The number of rotatable bonds is 4. The molecule has 1 N–H and O–H groups in total. The maximum atomic E-state index is 13.6. The zero-order valence-corrected chi connectivity index (χ0v) is 17.8. The molecule has 11 heteroatoms. The minimum atomic E-state index is -3.75. The van der Waals surface area contributed by atoms with Crippen LogP contribution in [-0.4, -0.2) is 43.4 Å². The molecule has 2 aliphatic rings. The zero-order chi connectivity index (χ0) is 22.8. The Morgan fingerprint density at radius 2 is 1.81 bits per heavy atom. The number of nitrogens with zero attached hydrogens (tertiary/aromatic N) is 2. The summed E-state index contributed by atoms with van der Waals surface area (Å²) in [6.45, 7) is 0.324. The number of benzene rings is 2. The van der Waals surface area contributed by atoms with Crippen LogP contribution in [0.25, 0.3) is 0 Å². The van der Waals surface area contributed by atoms with E-state index < -0.39 is 33.4 Å². The van der Waals surface area contributed by atoms with Gasteiger partial charge in [0.05, 0.1) is 11.3 Å². The molecule has 1 spiro atoms. The predicted molar refractivity (Wildman–Crippen MR) is 110 cm³/mol. The van der Waals surface area contributed by atoms with Gasteiger partial charge in [0.2, 0.25) is 15.9 Å². The first kappa shape index (κ1) is 22.2. The van der Waals surface area contributed by atoms with E-state index in [1.54, 1.807) is 18.2 Å². The van der Waals surface area contributed by atoms with Crippen LogP contribution in [0.2, 0.25) is 0 Å². The molecule has 0 aromatic heterocycles. The molecular weight excluding hydrogens is 444 g/mol. The highest BCUT2D eigenvalue weighted by atomic mass is 32.2. The van der Waals surface area contributed by atoms with Crippen molar-refractivity contribution in [1.82, 2.24) is 9.62 Å². The van der Waals surface area contributed by atoms with Crippen LogP contribution in [0, 0.1) is 11.6 Å². The molecule has 0 atom stereocenters. The summed E-state index contributed by atoms with van der Waals surface area (Å²) in [5, 5.41) is 6.29. The van der Waals surface area contributed by atoms with Gasteiger partial charge >= 0.3 is 6.09 Å². The fourth-order valence-electron chi connectivity index (χ4n) is 3.65. The second-order valence-corrected chi connectivity index (χ2v) is 9.57. The maximum absolute atomic E-state index is 13.6. The highest BCUT2D eigenvalue weighted by Gasteiger charge is 2.45. The third-order valence-corrected chi connectivity index (χ3v) is 7.40. The highest BCUT2D eigenvalue weighted by molar-refractivity contribution is 7.89. The van der Waals surface area contributed by atoms with Crippen molar-refractivity contribution in [2.45, 2.75) is 36.3 Å². The van der Waals surface area contributed by atoms with E-state index in [0.717, 1.165) is 12.1 Å². The lowest BCUT2D eigenvalue weighted by Gasteiger charge is -2.36. The van der Waals surface area contributed by atoms with Gasteiger partial charge in [-0.2, -0.15) is 4.31 Å². The van der Waals surface area contributed by atoms with Gasteiger partial charge in [0, 0.05) is 38.0 Å². The lowest BCUT2D eigenvalue weighted by Crippen LogP contribution is -2.46. The number of nitrogens with one attached hydrogen (secondary N) is 1. The Bertz CT molecular complexity index is 1130. The average Bonchev–Trinajstić information content (AvgIpc) is 3.15. The average molecular weight is 465 g/mol. The molecule has 4 rings (SSSR count). The van der Waals surface area contributed by atoms with Gasteiger partial charge in [-0.1, -0.05) is 23.4 Å². The summed E-state index contributed by atoms with van der Waals surface area (Å²) in [7, 11) is -3.75. The smallest absolute Gasteiger partial charge is 0.392 e. The Morgan fingerprint density at radius 1 is 1.12 bits per heavy atom. The number of piperidine rings is 1. The molecule has 1 saturated heterocycles. The van der Waals surface area contributed by atoms with Crippen molar-refractivity contribution in [2.24, 2.45) is 5.16 Å². The molecule has 170 valence electrons. The van der Waals surface area contributed by atoms with E-state index in [0.29, 0.717) is 18.4 Å². The van der Waals surface area contributed by atoms with E-state index in [2.05, 4.69) is 10.5 Å². The van der Waals surface area contributed by atoms with Gasteiger partial charge in [-0.25, -0.2) is 22.0 Å². The van der Waals surface area contributed by atoms with E-state index in [1.807, 2.05) is 0 Å². The van der Waals surface area contributed by atoms with Crippen molar-refractivity contribution in [3.63, 3.8) is 0 Å². The largest absolute Gasteiger partial charge is 0.414 e. The molecule has 0 aliphatic carbocycles. The molecule has 32 heavy (non-hydrogen) atoms. The highest BCUT2D eigenvalue weighted by Crippen LogP contribution is 2.36. The summed E-state index contributed by atoms with van der Waals surface area (Å²) < 4.78 is 58.7. The second-order valence-electron chi connectivity index (χ2n) is 7.63. The normalized spacial score (nSPS) is 18.1. The topological polar surface area (TPSA) is 97.3 Å². The number of carbonyl (C=O) groups is 1. The van der Waals surface area contributed by atoms with Gasteiger partial charge in [0.1, 0.15) is 17.2 Å². The molecule has 1 fully saturated rings. The molecular formula is C21H21F2N3O5S. The minimum absolute atomic E-state index is 0.0222. The molecule has 1 amide bonds. The molecule has 0 saturated carbocycles. The van der Waals surface area contributed by atoms with Crippen molar-refractivity contribution < 1.29 is 31.6 Å². The fourth-order valence-corrected chi connectivity index (χ4v) is 5.09. The number of sulfonamides is 1. The Labute approximate surface area is 183 Å². The lowest BCUT2D eigenvalue weighted by molar-refractivity contribution is -0.0506. The number of hydrogen-bond acceptors (Lipinski definition) is 6. The van der Waals surface area contributed by atoms with Crippen LogP contribution in [0.5, 0.6) is 0 Å². The Kier molecular flexibility index (Phi) is 6.11. The minimum Gasteiger partial charge on any atom is -0.392 e. The van der Waals surface area contributed by atoms with E-state index in [-0.39, 0.29) is 36.8 Å². The maximum Gasteiger partial charge on any atom is 0.414 e. The lowest BCUT2D eigenvalue weighted by atomic mass is 9.89. The first-order valence-electron chi connectivity index (χ1n) is 9.97. The predicted octanol–water partition coefficient (Wildman–Crippen LogP) is 3.15. The van der Waals surface area contributed by atoms with Gasteiger partial charge in [0.25, 0.3) is 0 Å². The summed E-state index contributed by atoms with van der Waals surface area (Å²) in [6, 6.07) is 10.7. The molecule has 0 bridgehead atoms. The number of carbonyl (C=O) groups excluding carboxylic acids is 1. The first-order chi connectivity index (χ1) is 15.3. The first-order valence-corrected chi connectivity index (χ1v) is 11.4. The molecule has 0 radical (unpaired) electrons.